The monoisotopic (exact) mass is 315 g/mol. The highest BCUT2D eigenvalue weighted by atomic mass is 16.6. The third-order valence-corrected chi connectivity index (χ3v) is 2.91. The number of benzene rings is 2. The number of nitro groups is 1. The van der Waals surface area contributed by atoms with Crippen LogP contribution in [-0.4, -0.2) is 16.9 Å². The van der Waals surface area contributed by atoms with Gasteiger partial charge in [0.15, 0.2) is 0 Å². The van der Waals surface area contributed by atoms with Gasteiger partial charge < -0.3 is 15.8 Å². The van der Waals surface area contributed by atoms with Gasteiger partial charge in [0.05, 0.1) is 10.5 Å². The minimum atomic E-state index is -0.696. The van der Waals surface area contributed by atoms with E-state index in [1.165, 1.54) is 48.5 Å². The van der Waals surface area contributed by atoms with Gasteiger partial charge in [0.2, 0.25) is 0 Å². The Kier molecular flexibility index (Phi) is 4.88. The number of hydrogen-bond acceptors (Lipinski definition) is 5. The van der Waals surface area contributed by atoms with Crippen molar-refractivity contribution in [2.45, 2.75) is 6.61 Å². The van der Waals surface area contributed by atoms with E-state index in [0.717, 1.165) is 0 Å². The summed E-state index contributed by atoms with van der Waals surface area (Å²) < 4.78 is 5.11. The molecule has 23 heavy (non-hydrogen) atoms. The zero-order chi connectivity index (χ0) is 16.8. The third kappa shape index (κ3) is 4.53. The molecular weight excluding hydrogens is 302 g/mol. The van der Waals surface area contributed by atoms with Crippen LogP contribution >= 0.6 is 0 Å². The van der Waals surface area contributed by atoms with Crippen molar-refractivity contribution in [2.24, 2.45) is 5.73 Å². The van der Waals surface area contributed by atoms with Crippen LogP contribution in [0.3, 0.4) is 0 Å². The summed E-state index contributed by atoms with van der Waals surface area (Å²) in [5, 5.41) is 12.9. The van der Waals surface area contributed by atoms with Crippen LogP contribution in [0.4, 0.5) is 16.2 Å². The lowest BCUT2D eigenvalue weighted by Gasteiger charge is -2.06. The van der Waals surface area contributed by atoms with E-state index < -0.39 is 16.9 Å². The van der Waals surface area contributed by atoms with Crippen molar-refractivity contribution in [3.8, 4) is 0 Å². The molecule has 0 aliphatic carbocycles. The molecule has 0 bridgehead atoms. The third-order valence-electron chi connectivity index (χ3n) is 2.91. The van der Waals surface area contributed by atoms with Gasteiger partial charge in [-0.25, -0.2) is 9.59 Å². The molecule has 3 N–H and O–H groups in total. The van der Waals surface area contributed by atoms with E-state index in [1.807, 2.05) is 0 Å². The summed E-state index contributed by atoms with van der Waals surface area (Å²) in [6.45, 7) is -0.00187. The molecule has 118 valence electrons. The van der Waals surface area contributed by atoms with Crippen LogP contribution < -0.4 is 11.1 Å². The first-order valence-corrected chi connectivity index (χ1v) is 6.52. The molecule has 0 atom stereocenters. The number of urea groups is 1. The smallest absolute Gasteiger partial charge is 0.338 e. The molecule has 0 aliphatic rings. The molecule has 0 spiro atoms. The van der Waals surface area contributed by atoms with Crippen LogP contribution in [0.15, 0.2) is 48.5 Å². The topological polar surface area (TPSA) is 125 Å². The first kappa shape index (κ1) is 16.0. The van der Waals surface area contributed by atoms with Gasteiger partial charge in [-0.05, 0) is 42.0 Å². The SMILES string of the molecule is NC(=O)Nc1ccc(C(=O)OCc2ccc([N+](=O)[O-])cc2)cc1. The van der Waals surface area contributed by atoms with Crippen molar-refractivity contribution < 1.29 is 19.2 Å². The van der Waals surface area contributed by atoms with E-state index in [0.29, 0.717) is 16.8 Å². The number of primary amides is 1. The molecule has 2 rings (SSSR count). The first-order chi connectivity index (χ1) is 11.0. The molecule has 2 amide bonds. The second-order valence-corrected chi connectivity index (χ2v) is 4.57. The molecule has 0 unspecified atom stereocenters. The minimum absolute atomic E-state index is 0.00187. The average Bonchev–Trinajstić information content (AvgIpc) is 2.53. The maximum atomic E-state index is 11.9. The van der Waals surface area contributed by atoms with Gasteiger partial charge in [0.25, 0.3) is 5.69 Å². The minimum Gasteiger partial charge on any atom is -0.457 e. The number of hydrogen-bond donors (Lipinski definition) is 2. The van der Waals surface area contributed by atoms with Gasteiger partial charge in [0, 0.05) is 17.8 Å². The van der Waals surface area contributed by atoms with Crippen LogP contribution in [0.1, 0.15) is 15.9 Å². The number of carbonyl (C=O) groups is 2. The highest BCUT2D eigenvalue weighted by Crippen LogP contribution is 2.14. The molecule has 0 saturated carbocycles. The molecule has 2 aromatic rings. The van der Waals surface area contributed by atoms with Crippen molar-refractivity contribution >= 4 is 23.4 Å². The van der Waals surface area contributed by atoms with Gasteiger partial charge in [-0.2, -0.15) is 0 Å². The quantitative estimate of drug-likeness (QED) is 0.498. The van der Waals surface area contributed by atoms with Crippen molar-refractivity contribution in [1.29, 1.82) is 0 Å². The summed E-state index contributed by atoms with van der Waals surface area (Å²) in [4.78, 5) is 32.6. The van der Waals surface area contributed by atoms with Crippen LogP contribution in [0, 0.1) is 10.1 Å². The van der Waals surface area contributed by atoms with Gasteiger partial charge in [-0.15, -0.1) is 0 Å². The summed E-state index contributed by atoms with van der Waals surface area (Å²) in [6, 6.07) is 11.0. The van der Waals surface area contributed by atoms with Crippen LogP contribution in [-0.2, 0) is 11.3 Å². The number of nitrogens with one attached hydrogen (secondary N) is 1. The molecule has 8 nitrogen and oxygen atoms in total. The molecule has 0 radical (unpaired) electrons. The fourth-order valence-electron chi connectivity index (χ4n) is 1.78. The normalized spacial score (nSPS) is 9.91. The second-order valence-electron chi connectivity index (χ2n) is 4.57. The van der Waals surface area contributed by atoms with Crippen molar-refractivity contribution in [3.63, 3.8) is 0 Å². The Bertz CT molecular complexity index is 726. The van der Waals surface area contributed by atoms with E-state index in [2.05, 4.69) is 5.32 Å². The highest BCUT2D eigenvalue weighted by Gasteiger charge is 2.09. The van der Waals surface area contributed by atoms with Crippen molar-refractivity contribution in [1.82, 2.24) is 0 Å². The Morgan fingerprint density at radius 2 is 1.70 bits per heavy atom. The number of carbonyl (C=O) groups excluding carboxylic acids is 2. The summed E-state index contributed by atoms with van der Waals surface area (Å²) in [5.74, 6) is -0.547. The number of nitrogens with zero attached hydrogens (tertiary/aromatic N) is 1. The number of amides is 2. The first-order valence-electron chi connectivity index (χ1n) is 6.52. The van der Waals surface area contributed by atoms with Gasteiger partial charge in [-0.1, -0.05) is 0 Å². The number of ether oxygens (including phenoxy) is 1. The molecular formula is C15H13N3O5. The molecule has 2 aromatic carbocycles. The largest absolute Gasteiger partial charge is 0.457 e. The number of non-ortho nitro benzene ring substituents is 1. The van der Waals surface area contributed by atoms with Crippen LogP contribution in [0.25, 0.3) is 0 Å². The fraction of sp³-hybridized carbons (Fsp3) is 0.0667. The average molecular weight is 315 g/mol. The Balaban J connectivity index is 1.93. The summed E-state index contributed by atoms with van der Waals surface area (Å²) in [5.41, 5.74) is 6.35. The maximum absolute atomic E-state index is 11.9. The number of nitrogens with two attached hydrogens (primary N) is 1. The van der Waals surface area contributed by atoms with Crippen molar-refractivity contribution in [3.05, 3.63) is 69.8 Å². The Hall–Kier alpha value is -3.42. The predicted molar refractivity (Wildman–Crippen MR) is 81.9 cm³/mol. The lowest BCUT2D eigenvalue weighted by molar-refractivity contribution is -0.384. The van der Waals surface area contributed by atoms with Crippen molar-refractivity contribution in [2.75, 3.05) is 5.32 Å². The van der Waals surface area contributed by atoms with E-state index in [4.69, 9.17) is 10.5 Å². The summed E-state index contributed by atoms with van der Waals surface area (Å²) in [6.07, 6.45) is 0. The second kappa shape index (κ2) is 7.03. The number of anilines is 1. The zero-order valence-corrected chi connectivity index (χ0v) is 11.9. The molecule has 8 heteroatoms. The Morgan fingerprint density at radius 3 is 2.22 bits per heavy atom. The van der Waals surface area contributed by atoms with Crippen LogP contribution in [0.2, 0.25) is 0 Å². The molecule has 0 aliphatic heterocycles. The molecule has 0 aromatic heterocycles. The number of nitro benzene ring substituents is 1. The number of rotatable bonds is 5. The standard InChI is InChI=1S/C15H13N3O5/c16-15(20)17-12-5-3-11(4-6-12)14(19)23-9-10-1-7-13(8-2-10)18(21)22/h1-8H,9H2,(H3,16,17,20). The molecule has 0 saturated heterocycles. The molecule has 0 fully saturated rings. The van der Waals surface area contributed by atoms with Gasteiger partial charge >= 0.3 is 12.0 Å². The van der Waals surface area contributed by atoms with E-state index in [9.17, 15) is 19.7 Å². The Morgan fingerprint density at radius 1 is 1.09 bits per heavy atom. The summed E-state index contributed by atoms with van der Waals surface area (Å²) in [7, 11) is 0. The lowest BCUT2D eigenvalue weighted by Crippen LogP contribution is -2.19. The molecule has 0 heterocycles. The van der Waals surface area contributed by atoms with E-state index >= 15 is 0 Å². The van der Waals surface area contributed by atoms with Gasteiger partial charge in [0.1, 0.15) is 6.61 Å². The maximum Gasteiger partial charge on any atom is 0.338 e. The number of esters is 1. The predicted octanol–water partition coefficient (Wildman–Crippen LogP) is 2.44. The zero-order valence-electron chi connectivity index (χ0n) is 11.9. The fourth-order valence-corrected chi connectivity index (χ4v) is 1.78. The summed E-state index contributed by atoms with van der Waals surface area (Å²) >= 11 is 0. The van der Waals surface area contributed by atoms with E-state index in [1.54, 1.807) is 0 Å². The van der Waals surface area contributed by atoms with E-state index in [-0.39, 0.29) is 12.3 Å². The van der Waals surface area contributed by atoms with Crippen LogP contribution in [0.5, 0.6) is 0 Å². The Labute approximate surface area is 131 Å². The lowest BCUT2D eigenvalue weighted by atomic mass is 10.2. The van der Waals surface area contributed by atoms with Gasteiger partial charge in [-0.3, -0.25) is 10.1 Å². The highest BCUT2D eigenvalue weighted by molar-refractivity contribution is 5.91.